The molecule has 1 aromatic heterocycles. The molecular formula is C23H31BrClN5O3. The van der Waals surface area contributed by atoms with Gasteiger partial charge < -0.3 is 24.2 Å². The first-order valence-electron chi connectivity index (χ1n) is 11.3. The van der Waals surface area contributed by atoms with Crippen molar-refractivity contribution in [3.63, 3.8) is 0 Å². The van der Waals surface area contributed by atoms with Crippen LogP contribution in [0.2, 0.25) is 5.02 Å². The normalized spacial score (nSPS) is 19.9. The molecule has 33 heavy (non-hydrogen) atoms. The lowest BCUT2D eigenvalue weighted by Gasteiger charge is -2.36. The largest absolute Gasteiger partial charge is 0.462 e. The number of carbonyl (C=O) groups is 1. The molecule has 10 heteroatoms. The van der Waals surface area contributed by atoms with E-state index in [1.165, 1.54) is 6.42 Å². The Bertz CT molecular complexity index is 1020. The van der Waals surface area contributed by atoms with Gasteiger partial charge in [0.05, 0.1) is 10.5 Å². The Balaban J connectivity index is 1.55. The van der Waals surface area contributed by atoms with Crippen molar-refractivity contribution < 1.29 is 14.3 Å². The van der Waals surface area contributed by atoms with Crippen molar-refractivity contribution in [3.8, 4) is 6.01 Å². The van der Waals surface area contributed by atoms with Gasteiger partial charge in [0.15, 0.2) is 0 Å². The second-order valence-corrected chi connectivity index (χ2v) is 10.9. The number of amides is 1. The minimum absolute atomic E-state index is 0.283. The number of rotatable bonds is 4. The van der Waals surface area contributed by atoms with E-state index in [1.807, 2.05) is 32.9 Å². The topological polar surface area (TPSA) is 71.0 Å². The summed E-state index contributed by atoms with van der Waals surface area (Å²) in [5.74, 6) is 0.788. The van der Waals surface area contributed by atoms with Crippen LogP contribution < -0.4 is 9.64 Å². The van der Waals surface area contributed by atoms with Crippen LogP contribution in [0.25, 0.3) is 10.9 Å². The van der Waals surface area contributed by atoms with Crippen molar-refractivity contribution in [1.82, 2.24) is 19.8 Å². The lowest BCUT2D eigenvalue weighted by atomic mass is 10.2. The standard InChI is InChI=1S/C23H31BrClN5O3/c1-23(2,3)33-22(31)30-10-8-29(9-11-30)20-16-12-17(24)18(25)13-19(16)26-21(27-20)32-14-15-6-5-7-28(15)4/h12-13,15H,5-11,14H2,1-4H3. The zero-order chi connectivity index (χ0) is 23.8. The number of halogens is 2. The molecule has 1 amide bonds. The molecule has 4 rings (SSSR count). The third kappa shape index (κ3) is 5.81. The van der Waals surface area contributed by atoms with Crippen molar-refractivity contribution >= 4 is 50.3 Å². The van der Waals surface area contributed by atoms with E-state index in [2.05, 4.69) is 37.8 Å². The zero-order valence-electron chi connectivity index (χ0n) is 19.6. The molecule has 8 nitrogen and oxygen atoms in total. The lowest BCUT2D eigenvalue weighted by molar-refractivity contribution is 0.0240. The maximum atomic E-state index is 12.5. The van der Waals surface area contributed by atoms with Crippen LogP contribution in [0.15, 0.2) is 16.6 Å². The highest BCUT2D eigenvalue weighted by Gasteiger charge is 2.28. The Hall–Kier alpha value is -1.84. The van der Waals surface area contributed by atoms with Gasteiger partial charge in [-0.25, -0.2) is 4.79 Å². The van der Waals surface area contributed by atoms with Crippen LogP contribution in [0.4, 0.5) is 10.6 Å². The number of carbonyl (C=O) groups excluding carboxylic acids is 1. The molecule has 1 unspecified atom stereocenters. The van der Waals surface area contributed by atoms with E-state index in [-0.39, 0.29) is 6.09 Å². The number of fused-ring (bicyclic) bond motifs is 1. The number of anilines is 1. The summed E-state index contributed by atoms with van der Waals surface area (Å²) in [6, 6.07) is 4.50. The smallest absolute Gasteiger partial charge is 0.410 e. The van der Waals surface area contributed by atoms with Crippen LogP contribution in [0, 0.1) is 0 Å². The summed E-state index contributed by atoms with van der Waals surface area (Å²) in [5.41, 5.74) is 0.222. The van der Waals surface area contributed by atoms with E-state index >= 15 is 0 Å². The molecule has 0 saturated carbocycles. The van der Waals surface area contributed by atoms with Gasteiger partial charge in [-0.2, -0.15) is 9.97 Å². The first-order valence-corrected chi connectivity index (χ1v) is 12.5. The van der Waals surface area contributed by atoms with Crippen molar-refractivity contribution in [3.05, 3.63) is 21.6 Å². The maximum absolute atomic E-state index is 12.5. The lowest BCUT2D eigenvalue weighted by Crippen LogP contribution is -2.50. The quantitative estimate of drug-likeness (QED) is 0.562. The second kappa shape index (κ2) is 9.80. The molecule has 2 saturated heterocycles. The molecule has 0 spiro atoms. The minimum atomic E-state index is -0.512. The van der Waals surface area contributed by atoms with Crippen LogP contribution in [0.5, 0.6) is 6.01 Å². The van der Waals surface area contributed by atoms with Gasteiger partial charge >= 0.3 is 12.1 Å². The highest BCUT2D eigenvalue weighted by molar-refractivity contribution is 9.10. The number of benzene rings is 1. The summed E-state index contributed by atoms with van der Waals surface area (Å²) in [6.07, 6.45) is 2.01. The van der Waals surface area contributed by atoms with E-state index in [4.69, 9.17) is 26.1 Å². The predicted molar refractivity (Wildman–Crippen MR) is 133 cm³/mol. The van der Waals surface area contributed by atoms with Gasteiger partial charge in [-0.15, -0.1) is 0 Å². The van der Waals surface area contributed by atoms with Crippen LogP contribution in [-0.2, 0) is 4.74 Å². The fraction of sp³-hybridized carbons (Fsp3) is 0.609. The number of aromatic nitrogens is 2. The summed E-state index contributed by atoms with van der Waals surface area (Å²) >= 11 is 9.88. The number of piperazine rings is 1. The van der Waals surface area contributed by atoms with Gasteiger partial charge in [-0.3, -0.25) is 0 Å². The Morgan fingerprint density at radius 2 is 1.91 bits per heavy atom. The second-order valence-electron chi connectivity index (χ2n) is 9.66. The van der Waals surface area contributed by atoms with Crippen LogP contribution >= 0.6 is 27.5 Å². The molecule has 2 aliphatic heterocycles. The third-order valence-electron chi connectivity index (χ3n) is 6.00. The highest BCUT2D eigenvalue weighted by atomic mass is 79.9. The fourth-order valence-corrected chi connectivity index (χ4v) is 4.68. The Kier molecular flexibility index (Phi) is 7.21. The van der Waals surface area contributed by atoms with E-state index < -0.39 is 5.60 Å². The number of hydrogen-bond donors (Lipinski definition) is 0. The average Bonchev–Trinajstić information content (AvgIpc) is 3.16. The van der Waals surface area contributed by atoms with Crippen molar-refractivity contribution in [2.45, 2.75) is 45.3 Å². The number of nitrogens with zero attached hydrogens (tertiary/aromatic N) is 5. The summed E-state index contributed by atoms with van der Waals surface area (Å²) in [5, 5.41) is 1.48. The van der Waals surface area contributed by atoms with Crippen molar-refractivity contribution in [2.75, 3.05) is 51.3 Å². The Morgan fingerprint density at radius 1 is 1.18 bits per heavy atom. The monoisotopic (exact) mass is 539 g/mol. The van der Waals surface area contributed by atoms with Crippen LogP contribution in [0.1, 0.15) is 33.6 Å². The highest BCUT2D eigenvalue weighted by Crippen LogP contribution is 2.34. The van der Waals surface area contributed by atoms with E-state index in [9.17, 15) is 4.79 Å². The third-order valence-corrected chi connectivity index (χ3v) is 7.20. The average molecular weight is 541 g/mol. The molecular weight excluding hydrogens is 510 g/mol. The zero-order valence-corrected chi connectivity index (χ0v) is 21.9. The van der Waals surface area contributed by atoms with Crippen LogP contribution in [-0.4, -0.2) is 83.9 Å². The molecule has 180 valence electrons. The Labute approximate surface area is 208 Å². The number of likely N-dealkylation sites (tertiary alicyclic amines) is 1. The van der Waals surface area contributed by atoms with E-state index in [1.54, 1.807) is 4.90 Å². The first kappa shape index (κ1) is 24.3. The van der Waals surface area contributed by atoms with Crippen LogP contribution in [0.3, 0.4) is 0 Å². The SMILES string of the molecule is CN1CCCC1COc1nc(N2CCN(C(=O)OC(C)(C)C)CC2)c2cc(Br)c(Cl)cc2n1. The molecule has 2 aliphatic rings. The molecule has 0 N–H and O–H groups in total. The summed E-state index contributed by atoms with van der Waals surface area (Å²) in [6.45, 7) is 9.65. The van der Waals surface area contributed by atoms with Gasteiger partial charge in [0.2, 0.25) is 0 Å². The summed E-state index contributed by atoms with van der Waals surface area (Å²) in [7, 11) is 2.12. The van der Waals surface area contributed by atoms with Gasteiger partial charge in [0.1, 0.15) is 18.0 Å². The number of likely N-dealkylation sites (N-methyl/N-ethyl adjacent to an activating group) is 1. The maximum Gasteiger partial charge on any atom is 0.410 e. The summed E-state index contributed by atoms with van der Waals surface area (Å²) < 4.78 is 12.4. The minimum Gasteiger partial charge on any atom is -0.462 e. The number of hydrogen-bond acceptors (Lipinski definition) is 7. The van der Waals surface area contributed by atoms with Crippen molar-refractivity contribution in [1.29, 1.82) is 0 Å². The van der Waals surface area contributed by atoms with Gasteiger partial charge in [0.25, 0.3) is 0 Å². The molecule has 0 bridgehead atoms. The van der Waals surface area contributed by atoms with Crippen molar-refractivity contribution in [2.24, 2.45) is 0 Å². The van der Waals surface area contributed by atoms with Gasteiger partial charge in [-0.05, 0) is 75.3 Å². The fourth-order valence-electron chi connectivity index (χ4n) is 4.18. The molecule has 0 aliphatic carbocycles. The molecule has 2 aromatic rings. The Morgan fingerprint density at radius 3 is 2.55 bits per heavy atom. The molecule has 1 aromatic carbocycles. The van der Waals surface area contributed by atoms with Gasteiger partial charge in [-0.1, -0.05) is 11.6 Å². The van der Waals surface area contributed by atoms with Gasteiger partial charge in [0, 0.05) is 42.1 Å². The molecule has 2 fully saturated rings. The number of ether oxygens (including phenoxy) is 2. The summed E-state index contributed by atoms with van der Waals surface area (Å²) in [4.78, 5) is 28.1. The predicted octanol–water partition coefficient (Wildman–Crippen LogP) is 4.58. The molecule has 3 heterocycles. The molecule has 1 atom stereocenters. The first-order chi connectivity index (χ1) is 15.6. The van der Waals surface area contributed by atoms with E-state index in [0.29, 0.717) is 49.9 Å². The van der Waals surface area contributed by atoms with E-state index in [0.717, 1.165) is 34.2 Å². The molecule has 0 radical (unpaired) electrons.